The molecule has 0 aliphatic carbocycles. The number of hydrogen-bond donors (Lipinski definition) is 4. The molecule has 0 rings (SSSR count). The second kappa shape index (κ2) is 4.09. The van der Waals surface area contributed by atoms with Crippen molar-refractivity contribution >= 4 is 17.6 Å². The van der Waals surface area contributed by atoms with Gasteiger partial charge >= 0.3 is 5.97 Å². The van der Waals surface area contributed by atoms with Gasteiger partial charge in [0, 0.05) is 0 Å². The summed E-state index contributed by atoms with van der Waals surface area (Å²) in [5.74, 6) is -1.62. The molecule has 0 bridgehead atoms. The quantitative estimate of drug-likeness (QED) is 0.167. The van der Waals surface area contributed by atoms with Gasteiger partial charge in [0.25, 0.3) is 0 Å². The number of aliphatic imine (C=N–C) groups is 1. The Hall–Kier alpha value is -1.79. The number of oxime groups is 1. The number of carboxylic acid groups (broad SMARTS) is 1. The van der Waals surface area contributed by atoms with Crippen molar-refractivity contribution in [2.75, 3.05) is 6.54 Å². The summed E-state index contributed by atoms with van der Waals surface area (Å²) >= 11 is 0. The van der Waals surface area contributed by atoms with Gasteiger partial charge in [-0.05, 0) is 0 Å². The zero-order valence-corrected chi connectivity index (χ0v) is 5.56. The second-order valence-corrected chi connectivity index (χ2v) is 1.59. The fourth-order valence-electron chi connectivity index (χ4n) is 0.308. The van der Waals surface area contributed by atoms with E-state index >= 15 is 0 Å². The first-order valence-corrected chi connectivity index (χ1v) is 2.57. The average molecular weight is 160 g/mol. The van der Waals surface area contributed by atoms with Crippen LogP contribution in [0.2, 0.25) is 0 Å². The monoisotopic (exact) mass is 160 g/mol. The van der Waals surface area contributed by atoms with Crippen LogP contribution in [0.4, 0.5) is 0 Å². The summed E-state index contributed by atoms with van der Waals surface area (Å²) in [5.41, 5.74) is 9.27. The number of nitrogens with two attached hydrogens (primary N) is 2. The Morgan fingerprint density at radius 2 is 2.00 bits per heavy atom. The van der Waals surface area contributed by atoms with Gasteiger partial charge in [-0.15, -0.1) is 0 Å². The first-order valence-electron chi connectivity index (χ1n) is 2.57. The lowest BCUT2D eigenvalue weighted by Gasteiger charge is -1.92. The average Bonchev–Trinajstić information content (AvgIpc) is 1.87. The predicted octanol–water partition coefficient (Wildman–Crippen LogP) is -1.83. The van der Waals surface area contributed by atoms with Gasteiger partial charge in [-0.1, -0.05) is 5.16 Å². The maximum atomic E-state index is 10.1. The summed E-state index contributed by atoms with van der Waals surface area (Å²) in [5, 5.41) is 18.8. The van der Waals surface area contributed by atoms with Crippen LogP contribution in [0.1, 0.15) is 0 Å². The van der Waals surface area contributed by atoms with E-state index in [2.05, 4.69) is 10.1 Å². The van der Waals surface area contributed by atoms with Crippen LogP contribution in [0.3, 0.4) is 0 Å². The minimum atomic E-state index is -1.36. The Balaban J connectivity index is 4.13. The smallest absolute Gasteiger partial charge is 0.355 e. The molecule has 0 aromatic rings. The molecule has 0 radical (unpaired) electrons. The van der Waals surface area contributed by atoms with Crippen LogP contribution in [0.15, 0.2) is 10.1 Å². The molecule has 0 fully saturated rings. The Morgan fingerprint density at radius 1 is 1.45 bits per heavy atom. The highest BCUT2D eigenvalue weighted by atomic mass is 16.4. The second-order valence-electron chi connectivity index (χ2n) is 1.59. The molecule has 0 aromatic heterocycles. The van der Waals surface area contributed by atoms with Crippen LogP contribution in [0.5, 0.6) is 0 Å². The van der Waals surface area contributed by atoms with E-state index in [0.717, 1.165) is 0 Å². The Labute approximate surface area is 62.0 Å². The molecule has 11 heavy (non-hydrogen) atoms. The molecule has 0 aliphatic heterocycles. The van der Waals surface area contributed by atoms with Gasteiger partial charge in [-0.2, -0.15) is 0 Å². The zero-order valence-electron chi connectivity index (χ0n) is 5.56. The van der Waals surface area contributed by atoms with Crippen LogP contribution in [-0.4, -0.2) is 34.5 Å². The van der Waals surface area contributed by atoms with Gasteiger partial charge < -0.3 is 21.8 Å². The molecule has 0 atom stereocenters. The van der Waals surface area contributed by atoms with Crippen LogP contribution >= 0.6 is 0 Å². The standard InChI is InChI=1S/C4H8N4O3/c5-4(6)7-1-2(8-11)3(9)10/h11H,1H2,(H,9,10)(H4,5,6,7). The van der Waals surface area contributed by atoms with E-state index in [1.54, 1.807) is 0 Å². The van der Waals surface area contributed by atoms with Crippen LogP contribution in [0.25, 0.3) is 0 Å². The van der Waals surface area contributed by atoms with E-state index in [1.165, 1.54) is 0 Å². The lowest BCUT2D eigenvalue weighted by Crippen LogP contribution is -2.25. The van der Waals surface area contributed by atoms with Gasteiger partial charge in [-0.3, -0.25) is 0 Å². The third kappa shape index (κ3) is 3.73. The lowest BCUT2D eigenvalue weighted by atomic mass is 10.4. The number of rotatable bonds is 3. The molecule has 0 heterocycles. The van der Waals surface area contributed by atoms with Crippen molar-refractivity contribution in [1.82, 2.24) is 0 Å². The first-order chi connectivity index (χ1) is 5.07. The molecular weight excluding hydrogens is 152 g/mol. The van der Waals surface area contributed by atoms with E-state index in [9.17, 15) is 4.79 Å². The van der Waals surface area contributed by atoms with Crippen LogP contribution in [-0.2, 0) is 4.79 Å². The Bertz CT molecular complexity index is 205. The first kappa shape index (κ1) is 9.21. The van der Waals surface area contributed by atoms with Gasteiger partial charge in [0.15, 0.2) is 11.7 Å². The number of hydrogen-bond acceptors (Lipinski definition) is 4. The lowest BCUT2D eigenvalue weighted by molar-refractivity contribution is -0.129. The summed E-state index contributed by atoms with van der Waals surface area (Å²) < 4.78 is 0. The van der Waals surface area contributed by atoms with Crippen LogP contribution in [0, 0.1) is 0 Å². The summed E-state index contributed by atoms with van der Waals surface area (Å²) in [6.45, 7) is -0.339. The Kier molecular flexibility index (Phi) is 3.43. The van der Waals surface area contributed by atoms with Gasteiger partial charge in [-0.25, -0.2) is 9.79 Å². The summed E-state index contributed by atoms with van der Waals surface area (Å²) in [4.78, 5) is 13.4. The van der Waals surface area contributed by atoms with Gasteiger partial charge in [0.05, 0.1) is 6.54 Å². The number of carboxylic acids is 1. The molecule has 7 nitrogen and oxygen atoms in total. The minimum Gasteiger partial charge on any atom is -0.477 e. The van der Waals surface area contributed by atoms with Crippen molar-refractivity contribution in [3.05, 3.63) is 0 Å². The predicted molar refractivity (Wildman–Crippen MR) is 37.5 cm³/mol. The third-order valence-corrected chi connectivity index (χ3v) is 0.779. The normalized spacial score (nSPS) is 10.7. The maximum Gasteiger partial charge on any atom is 0.355 e. The summed E-state index contributed by atoms with van der Waals surface area (Å²) in [6, 6.07) is 0. The van der Waals surface area contributed by atoms with Gasteiger partial charge in [0.1, 0.15) is 0 Å². The van der Waals surface area contributed by atoms with E-state index in [1.807, 2.05) is 0 Å². The third-order valence-electron chi connectivity index (χ3n) is 0.779. The minimum absolute atomic E-state index is 0.257. The molecule has 7 heteroatoms. The van der Waals surface area contributed by atoms with Crippen LogP contribution < -0.4 is 11.5 Å². The highest BCUT2D eigenvalue weighted by molar-refractivity contribution is 6.36. The molecule has 0 saturated carbocycles. The highest BCUT2D eigenvalue weighted by Crippen LogP contribution is 1.79. The van der Waals surface area contributed by atoms with Crippen molar-refractivity contribution in [3.63, 3.8) is 0 Å². The molecule has 0 aliphatic rings. The molecule has 6 N–H and O–H groups in total. The fourth-order valence-corrected chi connectivity index (χ4v) is 0.308. The highest BCUT2D eigenvalue weighted by Gasteiger charge is 2.08. The van der Waals surface area contributed by atoms with Crippen molar-refractivity contribution < 1.29 is 15.1 Å². The molecule has 0 unspecified atom stereocenters. The molecule has 0 aromatic carbocycles. The number of carbonyl (C=O) groups is 1. The summed E-state index contributed by atoms with van der Waals surface area (Å²) in [7, 11) is 0. The zero-order chi connectivity index (χ0) is 8.85. The van der Waals surface area contributed by atoms with E-state index < -0.39 is 11.7 Å². The number of nitrogens with zero attached hydrogens (tertiary/aromatic N) is 2. The van der Waals surface area contributed by atoms with Gasteiger partial charge in [0.2, 0.25) is 0 Å². The van der Waals surface area contributed by atoms with E-state index in [0.29, 0.717) is 0 Å². The van der Waals surface area contributed by atoms with E-state index in [-0.39, 0.29) is 12.5 Å². The van der Waals surface area contributed by atoms with Crippen molar-refractivity contribution in [2.45, 2.75) is 0 Å². The van der Waals surface area contributed by atoms with Crippen molar-refractivity contribution in [1.29, 1.82) is 0 Å². The molecular formula is C4H8N4O3. The van der Waals surface area contributed by atoms with E-state index in [4.69, 9.17) is 21.8 Å². The molecule has 0 spiro atoms. The SMILES string of the molecule is NC(N)=NCC(=NO)C(=O)O. The fraction of sp³-hybridized carbons (Fsp3) is 0.250. The largest absolute Gasteiger partial charge is 0.477 e. The maximum absolute atomic E-state index is 10.1. The molecule has 0 amide bonds. The number of aliphatic carboxylic acids is 1. The molecule has 0 saturated heterocycles. The molecule has 62 valence electrons. The summed E-state index contributed by atoms with van der Waals surface area (Å²) in [6.07, 6.45) is 0. The van der Waals surface area contributed by atoms with Crippen molar-refractivity contribution in [2.24, 2.45) is 21.6 Å². The Morgan fingerprint density at radius 3 is 2.27 bits per heavy atom. The topological polar surface area (TPSA) is 134 Å². The number of guanidine groups is 1. The van der Waals surface area contributed by atoms with Crippen molar-refractivity contribution in [3.8, 4) is 0 Å².